The second-order valence-corrected chi connectivity index (χ2v) is 13.9. The number of thiophene rings is 1. The smallest absolute Gasteiger partial charge is 0.0972 e. The van der Waals surface area contributed by atoms with Gasteiger partial charge in [-0.1, -0.05) is 187 Å². The number of nitrogens with zero attached hydrogens (tertiary/aromatic N) is 2. The second kappa shape index (κ2) is 14.5. The molecule has 12 rings (SSSR count). The molecule has 0 spiro atoms. The van der Waals surface area contributed by atoms with Crippen LogP contribution in [0, 0.1) is 0 Å². The molecule has 61 heavy (non-hydrogen) atoms. The maximum absolute atomic E-state index is 10.4. The molecule has 0 saturated carbocycles. The van der Waals surface area contributed by atoms with E-state index in [9.17, 15) is 24.7 Å². The first-order valence-corrected chi connectivity index (χ1v) is 18.6. The third-order valence-corrected chi connectivity index (χ3v) is 10.8. The minimum atomic E-state index is -1.30. The van der Waals surface area contributed by atoms with Crippen LogP contribution in [0.25, 0.3) is 120 Å². The van der Waals surface area contributed by atoms with Gasteiger partial charge in [0.2, 0.25) is 0 Å². The Morgan fingerprint density at radius 1 is 0.344 bits per heavy atom. The van der Waals surface area contributed by atoms with Gasteiger partial charge in [0, 0.05) is 49.0 Å². The Kier molecular flexibility index (Phi) is 3.45. The molecule has 3 heteroatoms. The highest BCUT2D eigenvalue weighted by Gasteiger charge is 2.25. The quantitative estimate of drug-likeness (QED) is 0.156. The Labute approximate surface area is 408 Å². The average molecular weight is 829 g/mol. The Hall–Kier alpha value is -7.72. The molecule has 9 aromatic carbocycles. The third kappa shape index (κ3) is 5.93. The van der Waals surface area contributed by atoms with Crippen molar-refractivity contribution in [1.82, 2.24) is 9.97 Å². The number of aromatic nitrogens is 2. The number of rotatable bonds is 6. The minimum absolute atomic E-state index is 0.191. The molecule has 0 saturated heterocycles. The molecule has 0 radical (unpaired) electrons. The van der Waals surface area contributed by atoms with Gasteiger partial charge >= 0.3 is 0 Å². The summed E-state index contributed by atoms with van der Waals surface area (Å²) in [5, 5.41) is -5.63. The maximum atomic E-state index is 10.4. The summed E-state index contributed by atoms with van der Waals surface area (Å²) in [7, 11) is 0. The molecule has 0 amide bonds. The summed E-state index contributed by atoms with van der Waals surface area (Å²) in [5.41, 5.74) is -10.5. The summed E-state index contributed by atoms with van der Waals surface area (Å²) < 4.78 is 331. The highest BCUT2D eigenvalue weighted by atomic mass is 32.1. The molecular weight excluding hydrogens is 757 g/mol. The second-order valence-electron chi connectivity index (χ2n) is 12.9. The lowest BCUT2D eigenvalue weighted by atomic mass is 9.87. The Bertz CT molecular complexity index is 5730. The highest BCUT2D eigenvalue weighted by Crippen LogP contribution is 2.54. The van der Waals surface area contributed by atoms with Crippen molar-refractivity contribution in [2.24, 2.45) is 0 Å². The van der Waals surface area contributed by atoms with Crippen LogP contribution in [0.4, 0.5) is 0 Å². The number of fused-ring (bicyclic) bond motifs is 7. The van der Waals surface area contributed by atoms with Gasteiger partial charge in [0.25, 0.3) is 0 Å². The first kappa shape index (κ1) is 14.5. The van der Waals surface area contributed by atoms with Crippen molar-refractivity contribution >= 4 is 65.5 Å². The van der Waals surface area contributed by atoms with Crippen molar-refractivity contribution in [2.45, 2.75) is 0 Å². The summed E-state index contributed by atoms with van der Waals surface area (Å²) >= 11 is 0.191. The molecule has 2 nitrogen and oxygen atoms in total. The van der Waals surface area contributed by atoms with E-state index in [1.54, 1.807) is 0 Å². The summed E-state index contributed by atoms with van der Waals surface area (Å²) in [6.45, 7) is 0. The Morgan fingerprint density at radius 3 is 1.69 bits per heavy atom. The molecule has 0 atom stereocenters. The van der Waals surface area contributed by atoms with Crippen LogP contribution in [0.1, 0.15) is 49.3 Å². The van der Waals surface area contributed by atoms with Gasteiger partial charge in [0.15, 0.2) is 0 Å². The molecule has 284 valence electrons. The predicted molar refractivity (Wildman–Crippen MR) is 260 cm³/mol. The van der Waals surface area contributed by atoms with Crippen LogP contribution in [-0.4, -0.2) is 9.97 Å². The van der Waals surface area contributed by atoms with Crippen molar-refractivity contribution in [3.05, 3.63) is 218 Å². The first-order valence-electron chi connectivity index (χ1n) is 35.8. The van der Waals surface area contributed by atoms with E-state index in [2.05, 4.69) is 9.97 Å². The minimum Gasteiger partial charge on any atom is -0.254 e. The zero-order valence-electron chi connectivity index (χ0n) is 66.3. The van der Waals surface area contributed by atoms with E-state index < -0.39 is 337 Å². The molecule has 0 fully saturated rings. The SMILES string of the molecule is [2H]c1nc2c(c([2H])c1[2H])c([2H])c([2H])c1c([2H])c([2H])c(-c3c([2H])c([2H])c(-c4c([2H])c([2H])c([2H])c(-c5c(-c6c([2H])c([2H])c([2H])c([2H])c6[2H])sc(-c6c([2H])c7c([2H])c([2H])c([2H])c([2H])c7c7c([2H])c([2H])c([2H])c([2H])c67)c5-c5c([2H])c([2H])c([2H])c([2H])c5[2H])c4[2H])c4c([2H])c([2H])c([2H])c([2H])c34)nc12. The van der Waals surface area contributed by atoms with E-state index in [-0.39, 0.29) is 11.3 Å². The predicted octanol–water partition coefficient (Wildman–Crippen LogP) is 16.3. The van der Waals surface area contributed by atoms with Gasteiger partial charge in [0.1, 0.15) is 0 Å². The average Bonchev–Trinajstić information content (AvgIpc) is 1.69. The molecular formula is C58H36N2S. The summed E-state index contributed by atoms with van der Waals surface area (Å²) in [4.78, 5) is 6.97. The number of pyridine rings is 2. The van der Waals surface area contributed by atoms with E-state index in [0.717, 1.165) is 0 Å². The molecule has 0 bridgehead atoms. The zero-order chi connectivity index (χ0) is 71.6. The maximum Gasteiger partial charge on any atom is 0.0972 e. The van der Waals surface area contributed by atoms with E-state index in [0.29, 0.717) is 0 Å². The fourth-order valence-corrected chi connectivity index (χ4v) is 8.24. The third-order valence-electron chi connectivity index (χ3n) is 9.55. The van der Waals surface area contributed by atoms with E-state index >= 15 is 0 Å². The van der Waals surface area contributed by atoms with E-state index in [1.165, 1.54) is 0 Å². The molecule has 0 aliphatic heterocycles. The Balaban J connectivity index is 1.35. The molecule has 12 aromatic rings. The van der Waals surface area contributed by atoms with Crippen molar-refractivity contribution in [2.75, 3.05) is 0 Å². The molecule has 0 aliphatic rings. The van der Waals surface area contributed by atoms with Crippen LogP contribution in [0.5, 0.6) is 0 Å². The first-order chi connectivity index (χ1) is 45.2. The topological polar surface area (TPSA) is 25.8 Å². The van der Waals surface area contributed by atoms with Gasteiger partial charge < -0.3 is 0 Å². The standard InChI is InChI=1S/C58H36N2S/c1-3-15-37(16-4-1)53-54(57(40-17-5-2-6-18-40)61-58(53)51-36-42-19-7-8-23-44(42)46-24-10-12-27-49(46)51)43-21-13-20-41(35-43)45-31-32-50(48-26-11-9-25-47(45)48)52-33-30-39-29-28-38-22-14-34-59-55(38)56(39)60-52/h1-36H/i1D,2D,3D,4D,5D,6D,7D,8D,9D,10D,11D,12D,13D,14D,15D,16D,17D,18D,19D,20D,21D,22D,23D,24D,25D,26D,27D,28D,29D,30D,31D,32D,33D,34D,35D,36D. The van der Waals surface area contributed by atoms with Crippen LogP contribution >= 0.6 is 11.3 Å². The summed E-state index contributed by atoms with van der Waals surface area (Å²) in [5.74, 6) is 0. The monoisotopic (exact) mass is 828 g/mol. The van der Waals surface area contributed by atoms with Gasteiger partial charge in [-0.15, -0.1) is 11.3 Å². The van der Waals surface area contributed by atoms with Gasteiger partial charge in [-0.25, -0.2) is 4.98 Å². The lowest BCUT2D eigenvalue weighted by Gasteiger charge is -2.15. The largest absolute Gasteiger partial charge is 0.254 e. The van der Waals surface area contributed by atoms with Crippen molar-refractivity contribution < 1.29 is 49.3 Å². The molecule has 3 aromatic heterocycles. The summed E-state index contributed by atoms with van der Waals surface area (Å²) in [6.07, 6.45) is -0.833. The normalized spacial score (nSPS) is 19.9. The lowest BCUT2D eigenvalue weighted by molar-refractivity contribution is 1.37. The fraction of sp³-hybridized carbons (Fsp3) is 0. The number of benzene rings is 9. The fourth-order valence-electron chi connectivity index (χ4n) is 6.97. The number of hydrogen-bond donors (Lipinski definition) is 0. The van der Waals surface area contributed by atoms with Gasteiger partial charge in [0.05, 0.1) is 66.1 Å². The van der Waals surface area contributed by atoms with Crippen LogP contribution < -0.4 is 0 Å². The molecule has 3 heterocycles. The summed E-state index contributed by atoms with van der Waals surface area (Å²) in [6, 6.07) is -36.6. The van der Waals surface area contributed by atoms with Crippen molar-refractivity contribution in [3.8, 4) is 65.5 Å². The molecule has 0 aliphatic carbocycles. The lowest BCUT2D eigenvalue weighted by Crippen LogP contribution is -1.91. The molecule has 0 unspecified atom stereocenters. The van der Waals surface area contributed by atoms with E-state index in [4.69, 9.17) is 24.7 Å². The highest BCUT2D eigenvalue weighted by molar-refractivity contribution is 7.20. The van der Waals surface area contributed by atoms with Crippen molar-refractivity contribution in [1.29, 1.82) is 0 Å². The van der Waals surface area contributed by atoms with Gasteiger partial charge in [-0.05, 0) is 84.3 Å². The van der Waals surface area contributed by atoms with Crippen LogP contribution in [-0.2, 0) is 0 Å². The number of hydrogen-bond acceptors (Lipinski definition) is 3. The molecule has 0 N–H and O–H groups in total. The van der Waals surface area contributed by atoms with Crippen LogP contribution in [0.3, 0.4) is 0 Å². The van der Waals surface area contributed by atoms with Crippen LogP contribution in [0.15, 0.2) is 218 Å². The van der Waals surface area contributed by atoms with Crippen molar-refractivity contribution in [3.63, 3.8) is 0 Å². The van der Waals surface area contributed by atoms with Gasteiger partial charge in [-0.3, -0.25) is 4.98 Å². The van der Waals surface area contributed by atoms with Gasteiger partial charge in [-0.2, -0.15) is 0 Å². The van der Waals surface area contributed by atoms with Crippen LogP contribution in [0.2, 0.25) is 0 Å². The zero-order valence-corrected chi connectivity index (χ0v) is 31.1. The van der Waals surface area contributed by atoms with E-state index in [1.807, 2.05) is 0 Å². The Morgan fingerprint density at radius 2 is 0.902 bits per heavy atom.